The van der Waals surface area contributed by atoms with Crippen LogP contribution in [0.3, 0.4) is 0 Å². The maximum Gasteiger partial charge on any atom is 0.272 e. The zero-order chi connectivity index (χ0) is 26.1. The fourth-order valence-electron chi connectivity index (χ4n) is 3.50. The molecule has 0 bridgehead atoms. The third-order valence-corrected chi connectivity index (χ3v) is 5.55. The van der Waals surface area contributed by atoms with Crippen LogP contribution in [-0.2, 0) is 25.7 Å². The molecule has 0 aliphatic carbocycles. The number of rotatable bonds is 19. The molecule has 1 aromatic rings. The SMILES string of the molecule is CC(=O)CCC(=O)[CH]CCCCCC(=O)NCCCCCC(=O)NCc1ccc([N+](=O)[O-])c(C)c1. The van der Waals surface area contributed by atoms with Gasteiger partial charge in [0.15, 0.2) is 0 Å². The Hall–Kier alpha value is -3.10. The lowest BCUT2D eigenvalue weighted by atomic mass is 10.1. The monoisotopic (exact) mass is 488 g/mol. The Balaban J connectivity index is 1.99. The summed E-state index contributed by atoms with van der Waals surface area (Å²) in [5.41, 5.74) is 1.45. The predicted molar refractivity (Wildman–Crippen MR) is 133 cm³/mol. The number of nitrogens with zero attached hydrogens (tertiary/aromatic N) is 1. The Kier molecular flexibility index (Phi) is 14.8. The number of aryl methyl sites for hydroxylation is 1. The molecular weight excluding hydrogens is 450 g/mol. The zero-order valence-corrected chi connectivity index (χ0v) is 20.9. The van der Waals surface area contributed by atoms with Crippen molar-refractivity contribution in [3.8, 4) is 0 Å². The Morgan fingerprint density at radius 3 is 2.17 bits per heavy atom. The van der Waals surface area contributed by atoms with Crippen molar-refractivity contribution in [2.45, 2.75) is 91.0 Å². The molecule has 0 saturated heterocycles. The Morgan fingerprint density at radius 1 is 0.886 bits per heavy atom. The van der Waals surface area contributed by atoms with Crippen molar-refractivity contribution in [2.75, 3.05) is 6.54 Å². The molecule has 193 valence electrons. The number of hydrogen-bond acceptors (Lipinski definition) is 6. The molecule has 2 amide bonds. The van der Waals surface area contributed by atoms with E-state index < -0.39 is 4.92 Å². The number of nitro groups is 1. The van der Waals surface area contributed by atoms with Gasteiger partial charge in [-0.1, -0.05) is 25.3 Å². The molecule has 0 unspecified atom stereocenters. The molecule has 35 heavy (non-hydrogen) atoms. The van der Waals surface area contributed by atoms with Gasteiger partial charge in [0.1, 0.15) is 11.6 Å². The molecule has 2 N–H and O–H groups in total. The Bertz CT molecular complexity index is 869. The number of nitro benzene ring substituents is 1. The molecule has 0 fully saturated rings. The fraction of sp³-hybridized carbons (Fsp3) is 0.577. The standard InChI is InChI=1S/C26H38N3O6/c1-20-18-22(14-16-24(20)29(34)35)19-28-26(33)12-8-5-9-17-27-25(32)11-7-4-3-6-10-23(31)15-13-21(2)30/h10,14,16,18H,3-9,11-13,15,17,19H2,1-2H3,(H,27,32)(H,28,33). The largest absolute Gasteiger partial charge is 0.356 e. The molecule has 0 saturated carbocycles. The third kappa shape index (κ3) is 14.7. The van der Waals surface area contributed by atoms with Crippen molar-refractivity contribution >= 4 is 29.1 Å². The summed E-state index contributed by atoms with van der Waals surface area (Å²) < 4.78 is 0. The van der Waals surface area contributed by atoms with Crippen LogP contribution in [0.5, 0.6) is 0 Å². The molecule has 0 spiro atoms. The summed E-state index contributed by atoms with van der Waals surface area (Å²) >= 11 is 0. The van der Waals surface area contributed by atoms with Crippen molar-refractivity contribution in [2.24, 2.45) is 0 Å². The molecule has 0 aliphatic heterocycles. The summed E-state index contributed by atoms with van der Waals surface area (Å²) in [4.78, 5) is 56.7. The highest BCUT2D eigenvalue weighted by Crippen LogP contribution is 2.18. The molecule has 1 radical (unpaired) electrons. The molecule has 0 aromatic heterocycles. The van der Waals surface area contributed by atoms with Crippen LogP contribution in [0.15, 0.2) is 18.2 Å². The molecule has 9 heteroatoms. The molecule has 0 heterocycles. The highest BCUT2D eigenvalue weighted by atomic mass is 16.6. The summed E-state index contributed by atoms with van der Waals surface area (Å²) in [5.74, 6) is -0.0179. The van der Waals surface area contributed by atoms with E-state index in [1.54, 1.807) is 25.5 Å². The highest BCUT2D eigenvalue weighted by molar-refractivity contribution is 5.90. The average Bonchev–Trinajstić information content (AvgIpc) is 2.80. The van der Waals surface area contributed by atoms with E-state index in [9.17, 15) is 29.3 Å². The minimum Gasteiger partial charge on any atom is -0.356 e. The van der Waals surface area contributed by atoms with Gasteiger partial charge >= 0.3 is 0 Å². The van der Waals surface area contributed by atoms with Crippen LogP contribution in [0.2, 0.25) is 0 Å². The quantitative estimate of drug-likeness (QED) is 0.169. The third-order valence-electron chi connectivity index (χ3n) is 5.55. The summed E-state index contributed by atoms with van der Waals surface area (Å²) in [5, 5.41) is 16.6. The number of amides is 2. The zero-order valence-electron chi connectivity index (χ0n) is 20.9. The average molecular weight is 489 g/mol. The van der Waals surface area contributed by atoms with Crippen molar-refractivity contribution in [1.82, 2.24) is 10.6 Å². The lowest BCUT2D eigenvalue weighted by molar-refractivity contribution is -0.385. The first kappa shape index (κ1) is 29.9. The van der Waals surface area contributed by atoms with Gasteiger partial charge in [-0.25, -0.2) is 0 Å². The maximum absolute atomic E-state index is 12.0. The first-order valence-corrected chi connectivity index (χ1v) is 12.3. The van der Waals surface area contributed by atoms with E-state index in [4.69, 9.17) is 0 Å². The Morgan fingerprint density at radius 2 is 1.54 bits per heavy atom. The number of carbonyl (C=O) groups excluding carboxylic acids is 4. The van der Waals surface area contributed by atoms with Crippen LogP contribution < -0.4 is 10.6 Å². The number of carbonyl (C=O) groups is 4. The van der Waals surface area contributed by atoms with Crippen molar-refractivity contribution in [3.63, 3.8) is 0 Å². The number of benzene rings is 1. The summed E-state index contributed by atoms with van der Waals surface area (Å²) in [6, 6.07) is 4.80. The number of Topliss-reactive ketones (excluding diaryl/α,β-unsaturated/α-hetero) is 2. The second-order valence-electron chi connectivity index (χ2n) is 8.79. The molecule has 0 aliphatic rings. The van der Waals surface area contributed by atoms with Gasteiger partial charge in [0.05, 0.1) is 4.92 Å². The van der Waals surface area contributed by atoms with Crippen molar-refractivity contribution < 1.29 is 24.1 Å². The second-order valence-corrected chi connectivity index (χ2v) is 8.79. The lowest BCUT2D eigenvalue weighted by Crippen LogP contribution is -2.24. The van der Waals surface area contributed by atoms with E-state index in [0.29, 0.717) is 44.3 Å². The smallest absolute Gasteiger partial charge is 0.272 e. The number of ketones is 2. The van der Waals surface area contributed by atoms with Crippen LogP contribution in [-0.4, -0.2) is 34.8 Å². The number of unbranched alkanes of at least 4 members (excludes halogenated alkanes) is 5. The van der Waals surface area contributed by atoms with Crippen LogP contribution in [0.4, 0.5) is 5.69 Å². The van der Waals surface area contributed by atoms with E-state index in [1.165, 1.54) is 13.0 Å². The first-order chi connectivity index (χ1) is 16.7. The number of hydrogen-bond donors (Lipinski definition) is 2. The minimum absolute atomic E-state index is 0.00926. The van der Waals surface area contributed by atoms with Gasteiger partial charge in [0.25, 0.3) is 5.69 Å². The molecule has 1 aromatic carbocycles. The summed E-state index contributed by atoms with van der Waals surface area (Å²) in [6.07, 6.45) is 8.62. The molecule has 9 nitrogen and oxygen atoms in total. The molecule has 1 rings (SSSR count). The van der Waals surface area contributed by atoms with Gasteiger partial charge in [-0.15, -0.1) is 0 Å². The highest BCUT2D eigenvalue weighted by Gasteiger charge is 2.10. The normalized spacial score (nSPS) is 10.6. The summed E-state index contributed by atoms with van der Waals surface area (Å²) in [7, 11) is 0. The van der Waals surface area contributed by atoms with Crippen LogP contribution in [0.1, 0.15) is 88.7 Å². The van der Waals surface area contributed by atoms with Gasteiger partial charge in [0, 0.05) is 56.8 Å². The second kappa shape index (κ2) is 17.4. The van der Waals surface area contributed by atoms with E-state index in [0.717, 1.165) is 44.1 Å². The van der Waals surface area contributed by atoms with Crippen molar-refractivity contribution in [1.29, 1.82) is 0 Å². The number of nitrogens with one attached hydrogen (secondary N) is 2. The van der Waals surface area contributed by atoms with Crippen LogP contribution in [0, 0.1) is 23.5 Å². The topological polar surface area (TPSA) is 135 Å². The van der Waals surface area contributed by atoms with E-state index in [2.05, 4.69) is 10.6 Å². The van der Waals surface area contributed by atoms with Gasteiger partial charge in [0.2, 0.25) is 11.8 Å². The van der Waals surface area contributed by atoms with Gasteiger partial charge in [-0.3, -0.25) is 24.5 Å². The van der Waals surface area contributed by atoms with Crippen LogP contribution in [0.25, 0.3) is 0 Å². The van der Waals surface area contributed by atoms with Gasteiger partial charge in [-0.2, -0.15) is 0 Å². The van der Waals surface area contributed by atoms with E-state index >= 15 is 0 Å². The van der Waals surface area contributed by atoms with E-state index in [1.807, 2.05) is 0 Å². The lowest BCUT2D eigenvalue weighted by Gasteiger charge is -2.07. The van der Waals surface area contributed by atoms with Gasteiger partial charge < -0.3 is 15.4 Å². The molecular formula is C26H38N3O6. The summed E-state index contributed by atoms with van der Waals surface area (Å²) in [6.45, 7) is 4.07. The van der Waals surface area contributed by atoms with Crippen LogP contribution >= 0.6 is 0 Å². The Labute approximate surface area is 207 Å². The fourth-order valence-corrected chi connectivity index (χ4v) is 3.50. The van der Waals surface area contributed by atoms with E-state index in [-0.39, 0.29) is 35.5 Å². The van der Waals surface area contributed by atoms with Crippen molar-refractivity contribution in [3.05, 3.63) is 45.9 Å². The first-order valence-electron chi connectivity index (χ1n) is 12.3. The minimum atomic E-state index is -0.424. The van der Waals surface area contributed by atoms with Gasteiger partial charge in [-0.05, 0) is 51.2 Å². The maximum atomic E-state index is 12.0. The molecule has 0 atom stereocenters. The predicted octanol–water partition coefficient (Wildman–Crippen LogP) is 4.29.